The number of ketones is 1. The number of fused-ring (bicyclic) bond motifs is 1. The Morgan fingerprint density at radius 3 is 2.68 bits per heavy atom. The van der Waals surface area contributed by atoms with Gasteiger partial charge in [0, 0.05) is 11.1 Å². The monoisotopic (exact) mass is 294 g/mol. The summed E-state index contributed by atoms with van der Waals surface area (Å²) in [5, 5.41) is 0. The van der Waals surface area contributed by atoms with Crippen molar-refractivity contribution < 1.29 is 14.3 Å². The number of benzene rings is 2. The van der Waals surface area contributed by atoms with Crippen molar-refractivity contribution in [2.45, 2.75) is 13.8 Å². The SMILES string of the molecule is Cc1ccc(C(=O)/C=C/c2cccc3c2OCCO3)cc1C. The van der Waals surface area contributed by atoms with Gasteiger partial charge in [-0.3, -0.25) is 4.79 Å². The zero-order valence-electron chi connectivity index (χ0n) is 12.8. The molecule has 0 unspecified atom stereocenters. The average molecular weight is 294 g/mol. The van der Waals surface area contributed by atoms with E-state index in [2.05, 4.69) is 0 Å². The molecule has 0 spiro atoms. The number of aryl methyl sites for hydroxylation is 2. The summed E-state index contributed by atoms with van der Waals surface area (Å²) in [5.41, 5.74) is 3.85. The van der Waals surface area contributed by atoms with Crippen molar-refractivity contribution in [2.24, 2.45) is 0 Å². The third kappa shape index (κ3) is 2.89. The Kier molecular flexibility index (Phi) is 3.96. The normalized spacial score (nSPS) is 13.4. The highest BCUT2D eigenvalue weighted by Crippen LogP contribution is 2.34. The lowest BCUT2D eigenvalue weighted by Gasteiger charge is -2.19. The molecule has 3 nitrogen and oxygen atoms in total. The molecule has 22 heavy (non-hydrogen) atoms. The molecule has 0 amide bonds. The van der Waals surface area contributed by atoms with Gasteiger partial charge < -0.3 is 9.47 Å². The minimum atomic E-state index is -0.0163. The summed E-state index contributed by atoms with van der Waals surface area (Å²) in [6, 6.07) is 11.4. The van der Waals surface area contributed by atoms with E-state index in [9.17, 15) is 4.79 Å². The first-order valence-electron chi connectivity index (χ1n) is 7.33. The molecule has 3 rings (SSSR count). The van der Waals surface area contributed by atoms with Gasteiger partial charge in [-0.05, 0) is 49.3 Å². The molecule has 0 aliphatic carbocycles. The van der Waals surface area contributed by atoms with Crippen molar-refractivity contribution in [2.75, 3.05) is 13.2 Å². The van der Waals surface area contributed by atoms with Crippen LogP contribution in [0, 0.1) is 13.8 Å². The molecule has 1 aliphatic heterocycles. The van der Waals surface area contributed by atoms with Crippen LogP contribution in [0.1, 0.15) is 27.0 Å². The predicted octanol–water partition coefficient (Wildman–Crippen LogP) is 3.97. The Bertz CT molecular complexity index is 744. The van der Waals surface area contributed by atoms with Crippen molar-refractivity contribution >= 4 is 11.9 Å². The Hall–Kier alpha value is -2.55. The van der Waals surface area contributed by atoms with Crippen molar-refractivity contribution in [3.8, 4) is 11.5 Å². The van der Waals surface area contributed by atoms with Crippen LogP contribution in [0.5, 0.6) is 11.5 Å². The molecule has 0 atom stereocenters. The van der Waals surface area contributed by atoms with Gasteiger partial charge in [0.2, 0.25) is 0 Å². The van der Waals surface area contributed by atoms with Crippen LogP contribution in [0.4, 0.5) is 0 Å². The smallest absolute Gasteiger partial charge is 0.185 e. The van der Waals surface area contributed by atoms with Gasteiger partial charge in [0.25, 0.3) is 0 Å². The number of para-hydroxylation sites is 1. The van der Waals surface area contributed by atoms with Crippen molar-refractivity contribution in [3.63, 3.8) is 0 Å². The van der Waals surface area contributed by atoms with E-state index in [1.54, 1.807) is 12.2 Å². The summed E-state index contributed by atoms with van der Waals surface area (Å²) in [7, 11) is 0. The molecule has 0 saturated heterocycles. The summed E-state index contributed by atoms with van der Waals surface area (Å²) < 4.78 is 11.2. The van der Waals surface area contributed by atoms with Crippen LogP contribution in [0.3, 0.4) is 0 Å². The Morgan fingerprint density at radius 1 is 1.05 bits per heavy atom. The zero-order valence-corrected chi connectivity index (χ0v) is 12.8. The maximum Gasteiger partial charge on any atom is 0.185 e. The predicted molar refractivity (Wildman–Crippen MR) is 86.7 cm³/mol. The molecule has 0 bridgehead atoms. The lowest BCUT2D eigenvalue weighted by molar-refractivity contribution is 0.104. The fraction of sp³-hybridized carbons (Fsp3) is 0.211. The number of hydrogen-bond acceptors (Lipinski definition) is 3. The van der Waals surface area contributed by atoms with E-state index in [1.165, 1.54) is 5.56 Å². The Balaban J connectivity index is 1.85. The van der Waals surface area contributed by atoms with Gasteiger partial charge in [-0.2, -0.15) is 0 Å². The van der Waals surface area contributed by atoms with Crippen molar-refractivity contribution in [3.05, 3.63) is 64.7 Å². The number of rotatable bonds is 3. The highest BCUT2D eigenvalue weighted by molar-refractivity contribution is 6.07. The average Bonchev–Trinajstić information content (AvgIpc) is 2.55. The molecule has 2 aromatic carbocycles. The number of hydrogen-bond donors (Lipinski definition) is 0. The largest absolute Gasteiger partial charge is 0.486 e. The highest BCUT2D eigenvalue weighted by Gasteiger charge is 2.14. The highest BCUT2D eigenvalue weighted by atomic mass is 16.6. The van der Waals surface area contributed by atoms with E-state index >= 15 is 0 Å². The fourth-order valence-electron chi connectivity index (χ4n) is 2.38. The molecule has 1 aliphatic rings. The minimum absolute atomic E-state index is 0.0163. The van der Waals surface area contributed by atoms with E-state index in [0.29, 0.717) is 24.5 Å². The third-order valence-electron chi connectivity index (χ3n) is 3.80. The first-order chi connectivity index (χ1) is 10.6. The van der Waals surface area contributed by atoms with Gasteiger partial charge in [-0.15, -0.1) is 0 Å². The standard InChI is InChI=1S/C19H18O3/c1-13-6-7-16(12-14(13)2)17(20)9-8-15-4-3-5-18-19(15)22-11-10-21-18/h3-9,12H,10-11H2,1-2H3/b9-8+. The number of carbonyl (C=O) groups excluding carboxylic acids is 1. The summed E-state index contributed by atoms with van der Waals surface area (Å²) in [5.74, 6) is 1.42. The van der Waals surface area contributed by atoms with Gasteiger partial charge in [0.1, 0.15) is 13.2 Å². The lowest BCUT2D eigenvalue weighted by Crippen LogP contribution is -2.15. The van der Waals surface area contributed by atoms with Gasteiger partial charge in [0.15, 0.2) is 17.3 Å². The molecule has 0 fully saturated rings. The second kappa shape index (κ2) is 6.06. The van der Waals surface area contributed by atoms with Crippen LogP contribution in [-0.4, -0.2) is 19.0 Å². The maximum absolute atomic E-state index is 12.3. The summed E-state index contributed by atoms with van der Waals surface area (Å²) in [6.07, 6.45) is 3.36. The van der Waals surface area contributed by atoms with Crippen LogP contribution < -0.4 is 9.47 Å². The molecule has 0 N–H and O–H groups in total. The van der Waals surface area contributed by atoms with Crippen LogP contribution in [-0.2, 0) is 0 Å². The Morgan fingerprint density at radius 2 is 1.86 bits per heavy atom. The van der Waals surface area contributed by atoms with Crippen LogP contribution in [0.25, 0.3) is 6.08 Å². The van der Waals surface area contributed by atoms with Crippen molar-refractivity contribution in [1.29, 1.82) is 0 Å². The molecule has 2 aromatic rings. The summed E-state index contributed by atoms with van der Waals surface area (Å²) in [4.78, 5) is 12.3. The molecule has 112 valence electrons. The summed E-state index contributed by atoms with van der Waals surface area (Å²) in [6.45, 7) is 5.13. The minimum Gasteiger partial charge on any atom is -0.486 e. The second-order valence-electron chi connectivity index (χ2n) is 5.37. The first kappa shape index (κ1) is 14.4. The number of ether oxygens (including phenoxy) is 2. The van der Waals surface area contributed by atoms with Gasteiger partial charge in [-0.1, -0.05) is 24.3 Å². The van der Waals surface area contributed by atoms with Gasteiger partial charge in [0.05, 0.1) is 0 Å². The van der Waals surface area contributed by atoms with Crippen LogP contribution in [0.15, 0.2) is 42.5 Å². The molecular weight excluding hydrogens is 276 g/mol. The summed E-state index contributed by atoms with van der Waals surface area (Å²) >= 11 is 0. The number of allylic oxidation sites excluding steroid dienone is 1. The van der Waals surface area contributed by atoms with E-state index < -0.39 is 0 Å². The fourth-order valence-corrected chi connectivity index (χ4v) is 2.38. The van der Waals surface area contributed by atoms with E-state index in [1.807, 2.05) is 50.2 Å². The van der Waals surface area contributed by atoms with Crippen LogP contribution in [0.2, 0.25) is 0 Å². The quantitative estimate of drug-likeness (QED) is 0.634. The van der Waals surface area contributed by atoms with E-state index in [0.717, 1.165) is 16.9 Å². The first-order valence-corrected chi connectivity index (χ1v) is 7.33. The van der Waals surface area contributed by atoms with Gasteiger partial charge in [-0.25, -0.2) is 0 Å². The molecule has 0 radical (unpaired) electrons. The molecule has 0 saturated carbocycles. The van der Waals surface area contributed by atoms with Crippen molar-refractivity contribution in [1.82, 2.24) is 0 Å². The van der Waals surface area contributed by atoms with Gasteiger partial charge >= 0.3 is 0 Å². The number of carbonyl (C=O) groups is 1. The lowest BCUT2D eigenvalue weighted by atomic mass is 10.0. The molecule has 1 heterocycles. The van der Waals surface area contributed by atoms with E-state index in [-0.39, 0.29) is 5.78 Å². The maximum atomic E-state index is 12.3. The molecular formula is C19H18O3. The molecule has 3 heteroatoms. The van der Waals surface area contributed by atoms with Crippen LogP contribution >= 0.6 is 0 Å². The second-order valence-corrected chi connectivity index (χ2v) is 5.37. The van der Waals surface area contributed by atoms with E-state index in [4.69, 9.17) is 9.47 Å². The molecule has 0 aromatic heterocycles. The third-order valence-corrected chi connectivity index (χ3v) is 3.80. The zero-order chi connectivity index (χ0) is 15.5. The Labute approximate surface area is 130 Å². The topological polar surface area (TPSA) is 35.5 Å².